The van der Waals surface area contributed by atoms with Gasteiger partial charge in [-0.2, -0.15) is 0 Å². The molecule has 4 N–H and O–H groups in total. The number of likely N-dealkylation sites (N-methyl/N-ethyl adjacent to an activating group) is 1. The van der Waals surface area contributed by atoms with Gasteiger partial charge in [0.15, 0.2) is 0 Å². The molecule has 168 valence electrons. The number of pyridine rings is 1. The topological polar surface area (TPSA) is 102 Å². The van der Waals surface area contributed by atoms with Crippen molar-refractivity contribution in [1.82, 2.24) is 15.2 Å². The van der Waals surface area contributed by atoms with Crippen molar-refractivity contribution in [3.8, 4) is 17.2 Å². The van der Waals surface area contributed by atoms with Crippen LogP contribution in [-0.4, -0.2) is 50.1 Å². The molecule has 8 nitrogen and oxygen atoms in total. The second-order valence-corrected chi connectivity index (χ2v) is 7.73. The summed E-state index contributed by atoms with van der Waals surface area (Å²) in [4.78, 5) is 18.2. The van der Waals surface area contributed by atoms with Gasteiger partial charge in [0.05, 0.1) is 34.7 Å². The van der Waals surface area contributed by atoms with Crippen LogP contribution in [0.4, 0.5) is 5.69 Å². The molecule has 3 aromatic rings. The van der Waals surface area contributed by atoms with E-state index < -0.39 is 5.91 Å². The minimum atomic E-state index is -0.601. The molecule has 0 saturated carbocycles. The highest BCUT2D eigenvalue weighted by molar-refractivity contribution is 6.33. The molecule has 0 aliphatic rings. The van der Waals surface area contributed by atoms with Crippen LogP contribution in [0.2, 0.25) is 5.02 Å². The van der Waals surface area contributed by atoms with Crippen LogP contribution >= 0.6 is 11.6 Å². The van der Waals surface area contributed by atoms with Crippen LogP contribution in [0.25, 0.3) is 10.9 Å². The Bertz CT molecular complexity index is 1150. The van der Waals surface area contributed by atoms with Gasteiger partial charge in [-0.05, 0) is 38.4 Å². The second kappa shape index (κ2) is 10.2. The fourth-order valence-electron chi connectivity index (χ4n) is 3.02. The first kappa shape index (κ1) is 23.2. The number of methoxy groups -OCH3 is 1. The molecule has 1 heterocycles. The number of primary amides is 1. The number of amides is 1. The molecule has 1 aromatic heterocycles. The third-order valence-electron chi connectivity index (χ3n) is 4.64. The first-order chi connectivity index (χ1) is 15.3. The minimum absolute atomic E-state index is 0.246. The fourth-order valence-corrected chi connectivity index (χ4v) is 3.24. The second-order valence-electron chi connectivity index (χ2n) is 7.32. The average Bonchev–Trinajstić information content (AvgIpc) is 2.74. The van der Waals surface area contributed by atoms with E-state index in [1.165, 1.54) is 7.11 Å². The number of nitrogens with one attached hydrogen (secondary N) is 2. The first-order valence-electron chi connectivity index (χ1n) is 9.87. The largest absolute Gasteiger partial charge is 0.496 e. The number of hydrogen-bond donors (Lipinski definition) is 3. The van der Waals surface area contributed by atoms with Gasteiger partial charge < -0.3 is 30.7 Å². The molecule has 0 fully saturated rings. The van der Waals surface area contributed by atoms with Gasteiger partial charge >= 0.3 is 0 Å². The van der Waals surface area contributed by atoms with Gasteiger partial charge in [-0.1, -0.05) is 18.2 Å². The summed E-state index contributed by atoms with van der Waals surface area (Å²) >= 11 is 6.44. The van der Waals surface area contributed by atoms with E-state index in [9.17, 15) is 4.79 Å². The van der Waals surface area contributed by atoms with Gasteiger partial charge in [-0.15, -0.1) is 0 Å². The molecule has 2 aromatic carbocycles. The van der Waals surface area contributed by atoms with Crippen molar-refractivity contribution in [2.45, 2.75) is 0 Å². The zero-order valence-electron chi connectivity index (χ0n) is 18.2. The van der Waals surface area contributed by atoms with Crippen molar-refractivity contribution in [1.29, 1.82) is 0 Å². The number of carbonyl (C=O) groups is 1. The molecule has 0 bridgehead atoms. The van der Waals surface area contributed by atoms with Gasteiger partial charge in [0.25, 0.3) is 5.91 Å². The zero-order chi connectivity index (χ0) is 23.3. The maximum Gasteiger partial charge on any atom is 0.252 e. The average molecular weight is 456 g/mol. The summed E-state index contributed by atoms with van der Waals surface area (Å²) in [5, 5.41) is 7.44. The van der Waals surface area contributed by atoms with Crippen LogP contribution in [0.3, 0.4) is 0 Å². The summed E-state index contributed by atoms with van der Waals surface area (Å²) in [7, 11) is 5.48. The number of benzene rings is 2. The summed E-state index contributed by atoms with van der Waals surface area (Å²) in [5.74, 6) is 1.43. The predicted octanol–water partition coefficient (Wildman–Crippen LogP) is 3.82. The van der Waals surface area contributed by atoms with Gasteiger partial charge in [-0.25, -0.2) is 0 Å². The van der Waals surface area contributed by atoms with Gasteiger partial charge in [0.2, 0.25) is 0 Å². The Hall–Kier alpha value is -3.49. The summed E-state index contributed by atoms with van der Waals surface area (Å²) in [6.07, 6.45) is 1.61. The maximum absolute atomic E-state index is 11.8. The Morgan fingerprint density at radius 2 is 2.00 bits per heavy atom. The van der Waals surface area contributed by atoms with Crippen LogP contribution < -0.4 is 25.8 Å². The number of nitrogens with two attached hydrogens (primary N) is 1. The van der Waals surface area contributed by atoms with Crippen LogP contribution in [0, 0.1) is 0 Å². The lowest BCUT2D eigenvalue weighted by Gasteiger charge is -2.16. The molecule has 3 rings (SSSR count). The Morgan fingerprint density at radius 3 is 2.66 bits per heavy atom. The molecule has 0 aliphatic heterocycles. The predicted molar refractivity (Wildman–Crippen MR) is 128 cm³/mol. The van der Waals surface area contributed by atoms with Crippen molar-refractivity contribution >= 4 is 34.1 Å². The van der Waals surface area contributed by atoms with E-state index in [0.29, 0.717) is 44.7 Å². The molecular weight excluding hydrogens is 430 g/mol. The molecule has 0 saturated heterocycles. The van der Waals surface area contributed by atoms with Crippen molar-refractivity contribution in [2.75, 3.05) is 39.6 Å². The summed E-state index contributed by atoms with van der Waals surface area (Å²) in [5.41, 5.74) is 7.03. The van der Waals surface area contributed by atoms with Crippen LogP contribution in [0.5, 0.6) is 17.2 Å². The molecule has 0 spiro atoms. The van der Waals surface area contributed by atoms with Crippen LogP contribution in [0.15, 0.2) is 55.0 Å². The molecule has 0 unspecified atom stereocenters. The highest BCUT2D eigenvalue weighted by Crippen LogP contribution is 2.35. The highest BCUT2D eigenvalue weighted by atomic mass is 35.5. The summed E-state index contributed by atoms with van der Waals surface area (Å²) in [6, 6.07) is 10.2. The maximum atomic E-state index is 11.8. The number of aromatic nitrogens is 1. The summed E-state index contributed by atoms with van der Waals surface area (Å²) in [6.45, 7) is 5.60. The first-order valence-corrected chi connectivity index (χ1v) is 10.2. The Morgan fingerprint density at radius 1 is 1.22 bits per heavy atom. The van der Waals surface area contributed by atoms with Gasteiger partial charge in [-0.3, -0.25) is 9.78 Å². The SMILES string of the molecule is C=C(NCCN(C)C)Nc1ccc(Oc2ccnc3cc(OC)c(C(N)=O)cc23)cc1Cl. The highest BCUT2D eigenvalue weighted by Gasteiger charge is 2.15. The van der Waals surface area contributed by atoms with Crippen LogP contribution in [-0.2, 0) is 0 Å². The quantitative estimate of drug-likeness (QED) is 0.427. The number of nitrogens with zero attached hydrogens (tertiary/aromatic N) is 2. The van der Waals surface area contributed by atoms with Crippen molar-refractivity contribution in [3.05, 3.63) is 65.6 Å². The Labute approximate surface area is 192 Å². The van der Waals surface area contributed by atoms with Crippen LogP contribution in [0.1, 0.15) is 10.4 Å². The normalized spacial score (nSPS) is 10.8. The van der Waals surface area contributed by atoms with Crippen molar-refractivity contribution in [3.63, 3.8) is 0 Å². The molecule has 32 heavy (non-hydrogen) atoms. The number of fused-ring (bicyclic) bond motifs is 1. The third kappa shape index (κ3) is 5.60. The molecular formula is C23H26ClN5O3. The number of anilines is 1. The molecule has 0 atom stereocenters. The van der Waals surface area contributed by atoms with E-state index in [0.717, 1.165) is 13.1 Å². The van der Waals surface area contributed by atoms with Crippen molar-refractivity contribution < 1.29 is 14.3 Å². The zero-order valence-corrected chi connectivity index (χ0v) is 19.0. The lowest BCUT2D eigenvalue weighted by molar-refractivity contribution is 0.0997. The third-order valence-corrected chi connectivity index (χ3v) is 4.95. The lowest BCUT2D eigenvalue weighted by Crippen LogP contribution is -2.28. The number of hydrogen-bond acceptors (Lipinski definition) is 7. The fraction of sp³-hybridized carbons (Fsp3) is 0.217. The smallest absolute Gasteiger partial charge is 0.252 e. The standard InChI is InChI=1S/C23H26ClN5O3/c1-14(26-9-10-29(2)3)28-19-6-5-15(11-18(19)24)32-21-7-8-27-20-13-22(31-4)17(23(25)30)12-16(20)21/h5-8,11-13,26,28H,1,9-10H2,2-4H3,(H2,25,30). The number of ether oxygens (including phenoxy) is 2. The van der Waals surface area contributed by atoms with E-state index in [1.807, 2.05) is 14.1 Å². The monoisotopic (exact) mass is 455 g/mol. The van der Waals surface area contributed by atoms with E-state index >= 15 is 0 Å². The van der Waals surface area contributed by atoms with E-state index in [2.05, 4.69) is 27.1 Å². The summed E-state index contributed by atoms with van der Waals surface area (Å²) < 4.78 is 11.3. The van der Waals surface area contributed by atoms with E-state index in [1.54, 1.807) is 42.6 Å². The Balaban J connectivity index is 1.80. The van der Waals surface area contributed by atoms with Gasteiger partial charge in [0.1, 0.15) is 17.2 Å². The number of carbonyl (C=O) groups excluding carboxylic acids is 1. The van der Waals surface area contributed by atoms with Gasteiger partial charge in [0, 0.05) is 36.8 Å². The number of rotatable bonds is 10. The molecule has 0 aliphatic carbocycles. The minimum Gasteiger partial charge on any atom is -0.496 e. The number of halogens is 1. The van der Waals surface area contributed by atoms with E-state index in [-0.39, 0.29) is 5.56 Å². The molecule has 9 heteroatoms. The van der Waals surface area contributed by atoms with Crippen molar-refractivity contribution in [2.24, 2.45) is 5.73 Å². The molecule has 0 radical (unpaired) electrons. The molecule has 1 amide bonds. The lowest BCUT2D eigenvalue weighted by atomic mass is 10.1. The van der Waals surface area contributed by atoms with E-state index in [4.69, 9.17) is 26.8 Å². The Kier molecular flexibility index (Phi) is 7.40.